The van der Waals surface area contributed by atoms with Crippen molar-refractivity contribution in [1.29, 1.82) is 5.26 Å². The molecule has 0 amide bonds. The van der Waals surface area contributed by atoms with E-state index < -0.39 is 10.0 Å². The normalized spacial score (nSPS) is 11.2. The van der Waals surface area contributed by atoms with E-state index in [9.17, 15) is 8.42 Å². The lowest BCUT2D eigenvalue weighted by Gasteiger charge is -2.20. The van der Waals surface area contributed by atoms with Crippen molar-refractivity contribution in [3.63, 3.8) is 0 Å². The Morgan fingerprint density at radius 1 is 1.12 bits per heavy atom. The van der Waals surface area contributed by atoms with Crippen LogP contribution in [0.25, 0.3) is 0 Å². The van der Waals surface area contributed by atoms with Crippen molar-refractivity contribution >= 4 is 10.0 Å². The largest absolute Gasteiger partial charge is 0.493 e. The van der Waals surface area contributed by atoms with Crippen LogP contribution in [-0.2, 0) is 16.6 Å². The highest BCUT2D eigenvalue weighted by Crippen LogP contribution is 2.31. The minimum absolute atomic E-state index is 0.0900. The molecule has 7 heteroatoms. The van der Waals surface area contributed by atoms with Crippen molar-refractivity contribution in [2.75, 3.05) is 21.3 Å². The number of rotatable bonds is 6. The van der Waals surface area contributed by atoms with Crippen LogP contribution in [-0.4, -0.2) is 34.0 Å². The Balaban J connectivity index is 2.35. The van der Waals surface area contributed by atoms with Crippen molar-refractivity contribution in [1.82, 2.24) is 4.31 Å². The number of benzene rings is 2. The van der Waals surface area contributed by atoms with Gasteiger partial charge in [-0.05, 0) is 48.4 Å². The number of methoxy groups -OCH3 is 2. The SMILES string of the molecule is COc1cc(C)c(CN(C)S(=O)(=O)c2cccc(C#N)c2)cc1OC. The Labute approximate surface area is 148 Å². The van der Waals surface area contributed by atoms with Gasteiger partial charge in [-0.3, -0.25) is 0 Å². The summed E-state index contributed by atoms with van der Waals surface area (Å²) in [5.41, 5.74) is 2.00. The Bertz CT molecular complexity index is 917. The molecule has 0 fully saturated rings. The number of nitrogens with zero attached hydrogens (tertiary/aromatic N) is 2. The summed E-state index contributed by atoms with van der Waals surface area (Å²) in [5, 5.41) is 8.96. The molecule has 0 saturated heterocycles. The van der Waals surface area contributed by atoms with Gasteiger partial charge in [-0.15, -0.1) is 0 Å². The van der Waals surface area contributed by atoms with Gasteiger partial charge in [0.1, 0.15) is 0 Å². The van der Waals surface area contributed by atoms with Crippen molar-refractivity contribution < 1.29 is 17.9 Å². The minimum atomic E-state index is -3.71. The van der Waals surface area contributed by atoms with Gasteiger partial charge in [-0.2, -0.15) is 9.57 Å². The quantitative estimate of drug-likeness (QED) is 0.791. The first kappa shape index (κ1) is 18.8. The van der Waals surface area contributed by atoms with E-state index in [1.807, 2.05) is 19.1 Å². The van der Waals surface area contributed by atoms with Gasteiger partial charge in [0.05, 0.1) is 30.7 Å². The third kappa shape index (κ3) is 3.92. The van der Waals surface area contributed by atoms with E-state index in [1.54, 1.807) is 25.3 Å². The van der Waals surface area contributed by atoms with E-state index in [-0.39, 0.29) is 11.4 Å². The van der Waals surface area contributed by atoms with Crippen LogP contribution in [0.15, 0.2) is 41.3 Å². The number of nitriles is 1. The molecule has 0 radical (unpaired) electrons. The van der Waals surface area contributed by atoms with Crippen LogP contribution in [0.4, 0.5) is 0 Å². The number of hydrogen-bond acceptors (Lipinski definition) is 5. The lowest BCUT2D eigenvalue weighted by atomic mass is 10.1. The molecule has 0 aromatic heterocycles. The summed E-state index contributed by atoms with van der Waals surface area (Å²) >= 11 is 0. The summed E-state index contributed by atoms with van der Waals surface area (Å²) in [4.78, 5) is 0.0900. The summed E-state index contributed by atoms with van der Waals surface area (Å²) in [6, 6.07) is 11.5. The maximum absolute atomic E-state index is 12.8. The van der Waals surface area contributed by atoms with Crippen molar-refractivity contribution in [2.45, 2.75) is 18.4 Å². The Morgan fingerprint density at radius 2 is 1.76 bits per heavy atom. The molecule has 2 aromatic rings. The van der Waals surface area contributed by atoms with Gasteiger partial charge in [0.15, 0.2) is 11.5 Å². The maximum Gasteiger partial charge on any atom is 0.243 e. The second-order valence-electron chi connectivity index (χ2n) is 5.53. The van der Waals surface area contributed by atoms with E-state index in [1.165, 1.54) is 30.6 Å². The monoisotopic (exact) mass is 360 g/mol. The van der Waals surface area contributed by atoms with Gasteiger partial charge in [-0.25, -0.2) is 8.42 Å². The molecular weight excluding hydrogens is 340 g/mol. The van der Waals surface area contributed by atoms with Gasteiger partial charge >= 0.3 is 0 Å². The van der Waals surface area contributed by atoms with Crippen molar-refractivity contribution in [3.8, 4) is 17.6 Å². The van der Waals surface area contributed by atoms with Crippen LogP contribution >= 0.6 is 0 Å². The lowest BCUT2D eigenvalue weighted by Crippen LogP contribution is -2.27. The summed E-state index contributed by atoms with van der Waals surface area (Å²) < 4.78 is 37.3. The second kappa shape index (κ2) is 7.55. The average molecular weight is 360 g/mol. The number of ether oxygens (including phenoxy) is 2. The first-order valence-electron chi connectivity index (χ1n) is 7.51. The Hall–Kier alpha value is -2.56. The molecule has 6 nitrogen and oxygen atoms in total. The molecule has 25 heavy (non-hydrogen) atoms. The molecule has 0 unspecified atom stereocenters. The topological polar surface area (TPSA) is 79.6 Å². The van der Waals surface area contributed by atoms with Crippen LogP contribution in [0.1, 0.15) is 16.7 Å². The smallest absolute Gasteiger partial charge is 0.243 e. The fraction of sp³-hybridized carbons (Fsp3) is 0.278. The zero-order valence-electron chi connectivity index (χ0n) is 14.6. The minimum Gasteiger partial charge on any atom is -0.493 e. The van der Waals surface area contributed by atoms with Crippen LogP contribution in [0.2, 0.25) is 0 Å². The molecule has 0 aliphatic heterocycles. The lowest BCUT2D eigenvalue weighted by molar-refractivity contribution is 0.353. The summed E-state index contributed by atoms with van der Waals surface area (Å²) in [6.45, 7) is 2.05. The van der Waals surface area contributed by atoms with E-state index in [2.05, 4.69) is 0 Å². The van der Waals surface area contributed by atoms with Gasteiger partial charge in [0.25, 0.3) is 0 Å². The molecule has 0 N–H and O–H groups in total. The highest BCUT2D eigenvalue weighted by Gasteiger charge is 2.22. The van der Waals surface area contributed by atoms with Gasteiger partial charge in [0.2, 0.25) is 10.0 Å². The first-order chi connectivity index (χ1) is 11.8. The van der Waals surface area contributed by atoms with Gasteiger partial charge in [-0.1, -0.05) is 6.07 Å². The molecular formula is C18H20N2O4S. The third-order valence-corrected chi connectivity index (χ3v) is 5.71. The Morgan fingerprint density at radius 3 is 2.36 bits per heavy atom. The van der Waals surface area contributed by atoms with Crippen LogP contribution in [0.5, 0.6) is 11.5 Å². The van der Waals surface area contributed by atoms with Crippen molar-refractivity contribution in [3.05, 3.63) is 53.1 Å². The van der Waals surface area contributed by atoms with Crippen LogP contribution in [0, 0.1) is 18.3 Å². The summed E-state index contributed by atoms with van der Waals surface area (Å²) in [7, 11) is 0.877. The molecule has 0 spiro atoms. The van der Waals surface area contributed by atoms with Gasteiger partial charge < -0.3 is 9.47 Å². The predicted molar refractivity (Wildman–Crippen MR) is 94.1 cm³/mol. The number of aryl methyl sites for hydroxylation is 1. The molecule has 0 aliphatic carbocycles. The molecule has 2 rings (SSSR count). The van der Waals surface area contributed by atoms with E-state index in [4.69, 9.17) is 14.7 Å². The summed E-state index contributed by atoms with van der Waals surface area (Å²) in [6.07, 6.45) is 0. The van der Waals surface area contributed by atoms with Gasteiger partial charge in [0, 0.05) is 13.6 Å². The fourth-order valence-electron chi connectivity index (χ4n) is 2.42. The van der Waals surface area contributed by atoms with E-state index in [0.29, 0.717) is 17.1 Å². The molecule has 0 saturated carbocycles. The maximum atomic E-state index is 12.8. The number of hydrogen-bond donors (Lipinski definition) is 0. The molecule has 132 valence electrons. The molecule has 0 atom stereocenters. The van der Waals surface area contributed by atoms with Crippen LogP contribution < -0.4 is 9.47 Å². The molecule has 2 aromatic carbocycles. The second-order valence-corrected chi connectivity index (χ2v) is 7.58. The first-order valence-corrected chi connectivity index (χ1v) is 8.95. The molecule has 0 aliphatic rings. The standard InChI is InChI=1S/C18H20N2O4S/c1-13-8-17(23-3)18(24-4)10-15(13)12-20(2)25(21,22)16-7-5-6-14(9-16)11-19/h5-10H,12H2,1-4H3. The highest BCUT2D eigenvalue weighted by atomic mass is 32.2. The fourth-order valence-corrected chi connectivity index (χ4v) is 3.62. The third-order valence-electron chi connectivity index (χ3n) is 3.91. The average Bonchev–Trinajstić information content (AvgIpc) is 2.62. The van der Waals surface area contributed by atoms with E-state index in [0.717, 1.165) is 11.1 Å². The number of sulfonamides is 1. The zero-order chi connectivity index (χ0) is 18.6. The molecule has 0 heterocycles. The van der Waals surface area contributed by atoms with E-state index >= 15 is 0 Å². The van der Waals surface area contributed by atoms with Crippen molar-refractivity contribution in [2.24, 2.45) is 0 Å². The highest BCUT2D eigenvalue weighted by molar-refractivity contribution is 7.89. The Kier molecular flexibility index (Phi) is 5.67. The summed E-state index contributed by atoms with van der Waals surface area (Å²) in [5.74, 6) is 1.14. The molecule has 0 bridgehead atoms. The predicted octanol–water partition coefficient (Wildman–Crippen LogP) is 2.70. The van der Waals surface area contributed by atoms with Crippen LogP contribution in [0.3, 0.4) is 0 Å². The zero-order valence-corrected chi connectivity index (χ0v) is 15.4.